The van der Waals surface area contributed by atoms with Gasteiger partial charge in [0, 0.05) is 29.9 Å². The fourth-order valence-corrected chi connectivity index (χ4v) is 4.86. The Bertz CT molecular complexity index is 642. The first-order valence-electron chi connectivity index (χ1n) is 6.43. The van der Waals surface area contributed by atoms with Crippen molar-refractivity contribution in [2.45, 2.75) is 19.0 Å². The second-order valence-electron chi connectivity index (χ2n) is 4.93. The molecular weight excluding hydrogens is 332 g/mol. The number of hydrogen-bond donors (Lipinski definition) is 0. The minimum absolute atomic E-state index is 0.134. The average molecular weight is 349 g/mol. The molecule has 1 saturated heterocycles. The van der Waals surface area contributed by atoms with Crippen LogP contribution >= 0.6 is 22.9 Å². The SMILES string of the molecule is C=CC(=O)N(Cc1cc(Cl)cs1)CC1CCS(=O)(=O)N1C. The van der Waals surface area contributed by atoms with Gasteiger partial charge in [0.05, 0.1) is 17.3 Å². The Morgan fingerprint density at radius 3 is 2.86 bits per heavy atom. The highest BCUT2D eigenvalue weighted by Crippen LogP contribution is 2.23. The van der Waals surface area contributed by atoms with Crippen molar-refractivity contribution in [3.05, 3.63) is 34.0 Å². The van der Waals surface area contributed by atoms with E-state index in [2.05, 4.69) is 6.58 Å². The molecule has 1 fully saturated rings. The summed E-state index contributed by atoms with van der Waals surface area (Å²) in [4.78, 5) is 14.6. The van der Waals surface area contributed by atoms with Gasteiger partial charge in [-0.15, -0.1) is 11.3 Å². The smallest absolute Gasteiger partial charge is 0.246 e. The number of hydrogen-bond acceptors (Lipinski definition) is 4. The Morgan fingerprint density at radius 1 is 1.67 bits per heavy atom. The van der Waals surface area contributed by atoms with Crippen LogP contribution in [0.25, 0.3) is 0 Å². The Kier molecular flexibility index (Phi) is 5.08. The van der Waals surface area contributed by atoms with Crippen LogP contribution in [-0.4, -0.2) is 48.9 Å². The number of thiophene rings is 1. The zero-order valence-corrected chi connectivity index (χ0v) is 14.0. The number of carbonyl (C=O) groups is 1. The third-order valence-electron chi connectivity index (χ3n) is 3.55. The predicted molar refractivity (Wildman–Crippen MR) is 84.9 cm³/mol. The van der Waals surface area contributed by atoms with E-state index in [0.29, 0.717) is 24.5 Å². The first-order chi connectivity index (χ1) is 9.83. The van der Waals surface area contributed by atoms with E-state index in [1.807, 2.05) is 6.07 Å². The number of likely N-dealkylation sites (N-methyl/N-ethyl adjacent to an activating group) is 1. The first kappa shape index (κ1) is 16.5. The standard InChI is InChI=1S/C13H17ClN2O3S2/c1-3-13(17)16(8-12-6-10(14)9-20-12)7-11-4-5-21(18,19)15(11)2/h3,6,9,11H,1,4-5,7-8H2,2H3. The second kappa shape index (κ2) is 6.48. The molecule has 1 aliphatic rings. The van der Waals surface area contributed by atoms with Crippen molar-refractivity contribution in [1.82, 2.24) is 9.21 Å². The number of rotatable bonds is 5. The van der Waals surface area contributed by atoms with Crippen LogP contribution in [0.5, 0.6) is 0 Å². The summed E-state index contributed by atoms with van der Waals surface area (Å²) in [6.45, 7) is 4.27. The summed E-state index contributed by atoms with van der Waals surface area (Å²) >= 11 is 7.36. The van der Waals surface area contributed by atoms with Crippen molar-refractivity contribution >= 4 is 38.9 Å². The number of halogens is 1. The Hall–Kier alpha value is -0.890. The molecule has 2 heterocycles. The lowest BCUT2D eigenvalue weighted by Crippen LogP contribution is -2.41. The molecule has 0 spiro atoms. The van der Waals surface area contributed by atoms with Gasteiger partial charge in [0.25, 0.3) is 0 Å². The largest absolute Gasteiger partial charge is 0.332 e. The summed E-state index contributed by atoms with van der Waals surface area (Å²) in [5, 5.41) is 2.45. The molecule has 1 aliphatic heterocycles. The van der Waals surface area contributed by atoms with Crippen LogP contribution in [-0.2, 0) is 21.4 Å². The average Bonchev–Trinajstić information content (AvgIpc) is 2.95. The second-order valence-corrected chi connectivity index (χ2v) is 8.51. The van der Waals surface area contributed by atoms with E-state index in [0.717, 1.165) is 4.88 Å². The van der Waals surface area contributed by atoms with Gasteiger partial charge in [-0.3, -0.25) is 4.79 Å². The molecule has 5 nitrogen and oxygen atoms in total. The molecule has 21 heavy (non-hydrogen) atoms. The Labute approximate surface area is 133 Å². The number of nitrogens with zero attached hydrogens (tertiary/aromatic N) is 2. The van der Waals surface area contributed by atoms with E-state index in [1.54, 1.807) is 17.3 Å². The molecule has 0 radical (unpaired) electrons. The maximum absolute atomic E-state index is 12.0. The summed E-state index contributed by atoms with van der Waals surface area (Å²) in [6, 6.07) is 1.62. The number of sulfonamides is 1. The van der Waals surface area contributed by atoms with Gasteiger partial charge in [-0.2, -0.15) is 0 Å². The van der Waals surface area contributed by atoms with Crippen molar-refractivity contribution in [2.75, 3.05) is 19.3 Å². The minimum Gasteiger partial charge on any atom is -0.332 e. The Morgan fingerprint density at radius 2 is 2.38 bits per heavy atom. The highest BCUT2D eigenvalue weighted by atomic mass is 35.5. The summed E-state index contributed by atoms with van der Waals surface area (Å²) in [7, 11) is -1.61. The maximum Gasteiger partial charge on any atom is 0.246 e. The van der Waals surface area contributed by atoms with E-state index < -0.39 is 10.0 Å². The van der Waals surface area contributed by atoms with Crippen LogP contribution in [0, 0.1) is 0 Å². The van der Waals surface area contributed by atoms with Gasteiger partial charge in [0.15, 0.2) is 0 Å². The molecule has 1 amide bonds. The predicted octanol–water partition coefficient (Wildman–Crippen LogP) is 1.95. The van der Waals surface area contributed by atoms with Gasteiger partial charge in [-0.25, -0.2) is 12.7 Å². The summed E-state index contributed by atoms with van der Waals surface area (Å²) in [5.41, 5.74) is 0. The maximum atomic E-state index is 12.0. The van der Waals surface area contributed by atoms with Crippen LogP contribution in [0.4, 0.5) is 0 Å². The number of amides is 1. The van der Waals surface area contributed by atoms with Crippen molar-refractivity contribution in [3.8, 4) is 0 Å². The lowest BCUT2D eigenvalue weighted by Gasteiger charge is -2.27. The third-order valence-corrected chi connectivity index (χ3v) is 6.74. The fourth-order valence-electron chi connectivity index (χ4n) is 2.28. The fraction of sp³-hybridized carbons (Fsp3) is 0.462. The molecule has 0 aromatic carbocycles. The van der Waals surface area contributed by atoms with Gasteiger partial charge >= 0.3 is 0 Å². The van der Waals surface area contributed by atoms with Crippen LogP contribution in [0.2, 0.25) is 5.02 Å². The molecule has 116 valence electrons. The first-order valence-corrected chi connectivity index (χ1v) is 9.30. The molecule has 2 rings (SSSR count). The Balaban J connectivity index is 2.10. The van der Waals surface area contributed by atoms with Crippen LogP contribution in [0.3, 0.4) is 0 Å². The highest BCUT2D eigenvalue weighted by molar-refractivity contribution is 7.89. The van der Waals surface area contributed by atoms with Crippen molar-refractivity contribution in [1.29, 1.82) is 0 Å². The number of carbonyl (C=O) groups excluding carboxylic acids is 1. The summed E-state index contributed by atoms with van der Waals surface area (Å²) in [5.74, 6) is -0.0769. The molecule has 8 heteroatoms. The normalized spacial score (nSPS) is 21.3. The third kappa shape index (κ3) is 3.85. The van der Waals surface area contributed by atoms with E-state index in [4.69, 9.17) is 11.6 Å². The van der Waals surface area contributed by atoms with Gasteiger partial charge < -0.3 is 4.90 Å². The monoisotopic (exact) mass is 348 g/mol. The summed E-state index contributed by atoms with van der Waals surface area (Å²) in [6.07, 6.45) is 1.78. The molecule has 1 aromatic rings. The molecule has 1 unspecified atom stereocenters. The molecule has 0 aliphatic carbocycles. The van der Waals surface area contributed by atoms with Crippen molar-refractivity contribution < 1.29 is 13.2 Å². The molecule has 1 aromatic heterocycles. The lowest BCUT2D eigenvalue weighted by atomic mass is 10.2. The van der Waals surface area contributed by atoms with Gasteiger partial charge in [-0.05, 0) is 18.6 Å². The molecule has 0 saturated carbocycles. The zero-order valence-electron chi connectivity index (χ0n) is 11.7. The molecule has 0 bridgehead atoms. The van der Waals surface area contributed by atoms with E-state index in [9.17, 15) is 13.2 Å². The molecule has 1 atom stereocenters. The quantitative estimate of drug-likeness (QED) is 0.764. The van der Waals surface area contributed by atoms with Crippen LogP contribution < -0.4 is 0 Å². The minimum atomic E-state index is -3.17. The lowest BCUT2D eigenvalue weighted by molar-refractivity contribution is -0.127. The van der Waals surface area contributed by atoms with Crippen LogP contribution in [0.1, 0.15) is 11.3 Å². The highest BCUT2D eigenvalue weighted by Gasteiger charge is 2.35. The van der Waals surface area contributed by atoms with Gasteiger partial charge in [0.2, 0.25) is 15.9 Å². The van der Waals surface area contributed by atoms with Crippen molar-refractivity contribution in [2.24, 2.45) is 0 Å². The van der Waals surface area contributed by atoms with Gasteiger partial charge in [0.1, 0.15) is 0 Å². The van der Waals surface area contributed by atoms with Crippen LogP contribution in [0.15, 0.2) is 24.1 Å². The summed E-state index contributed by atoms with van der Waals surface area (Å²) < 4.78 is 24.8. The topological polar surface area (TPSA) is 57.7 Å². The zero-order chi connectivity index (χ0) is 15.6. The van der Waals surface area contributed by atoms with E-state index >= 15 is 0 Å². The molecule has 0 N–H and O–H groups in total. The van der Waals surface area contributed by atoms with Gasteiger partial charge in [-0.1, -0.05) is 18.2 Å². The van der Waals surface area contributed by atoms with E-state index in [-0.39, 0.29) is 17.7 Å². The molecular formula is C13H17ClN2O3S2. The van der Waals surface area contributed by atoms with Crippen molar-refractivity contribution in [3.63, 3.8) is 0 Å². The van der Waals surface area contributed by atoms with E-state index in [1.165, 1.54) is 21.7 Å².